The van der Waals surface area contributed by atoms with Crippen LogP contribution in [-0.4, -0.2) is 47.5 Å². The first-order chi connectivity index (χ1) is 11.5. The molecule has 0 fully saturated rings. The van der Waals surface area contributed by atoms with Gasteiger partial charge in [0.05, 0.1) is 17.3 Å². The van der Waals surface area contributed by atoms with Crippen molar-refractivity contribution in [1.82, 2.24) is 10.6 Å². The maximum absolute atomic E-state index is 12.2. The maximum Gasteiger partial charge on any atom is 0.313 e. The van der Waals surface area contributed by atoms with Gasteiger partial charge in [0, 0.05) is 22.4 Å². The van der Waals surface area contributed by atoms with Gasteiger partial charge in [-0.25, -0.2) is 0 Å². The van der Waals surface area contributed by atoms with Crippen molar-refractivity contribution in [2.24, 2.45) is 0 Å². The third-order valence-corrected chi connectivity index (χ3v) is 5.56. The summed E-state index contributed by atoms with van der Waals surface area (Å²) in [6, 6.07) is 7.43. The Morgan fingerprint density at radius 3 is 2.67 bits per heavy atom. The SMILES string of the molecule is O=C(O)CSCCNC(=O)CNC(=O)c1sc2ccccc2c1Cl. The van der Waals surface area contributed by atoms with Crippen molar-refractivity contribution in [3.05, 3.63) is 34.2 Å². The van der Waals surface area contributed by atoms with E-state index in [1.807, 2.05) is 24.3 Å². The van der Waals surface area contributed by atoms with Gasteiger partial charge < -0.3 is 15.7 Å². The molecule has 0 atom stereocenters. The second-order valence-corrected chi connectivity index (χ2v) is 7.26. The number of hydrogen-bond donors (Lipinski definition) is 3. The zero-order valence-corrected chi connectivity index (χ0v) is 14.9. The Kier molecular flexibility index (Phi) is 6.89. The minimum atomic E-state index is -0.890. The van der Waals surface area contributed by atoms with E-state index in [-0.39, 0.29) is 18.2 Å². The number of thiophene rings is 1. The second kappa shape index (κ2) is 8.91. The first-order valence-electron chi connectivity index (χ1n) is 7.00. The number of thioether (sulfide) groups is 1. The average molecular weight is 387 g/mol. The van der Waals surface area contributed by atoms with E-state index < -0.39 is 11.9 Å². The molecule has 0 unspecified atom stereocenters. The third kappa shape index (κ3) is 5.12. The van der Waals surface area contributed by atoms with Crippen LogP contribution >= 0.6 is 34.7 Å². The lowest BCUT2D eigenvalue weighted by Crippen LogP contribution is -2.37. The highest BCUT2D eigenvalue weighted by molar-refractivity contribution is 7.99. The Morgan fingerprint density at radius 1 is 1.21 bits per heavy atom. The Labute approximate surface area is 151 Å². The number of aliphatic carboxylic acids is 1. The van der Waals surface area contributed by atoms with Gasteiger partial charge in [-0.3, -0.25) is 14.4 Å². The van der Waals surface area contributed by atoms with E-state index in [2.05, 4.69) is 10.6 Å². The molecular formula is C15H15ClN2O4S2. The number of fused-ring (bicyclic) bond motifs is 1. The smallest absolute Gasteiger partial charge is 0.313 e. The molecule has 6 nitrogen and oxygen atoms in total. The maximum atomic E-state index is 12.2. The van der Waals surface area contributed by atoms with Gasteiger partial charge in [0.25, 0.3) is 5.91 Å². The largest absolute Gasteiger partial charge is 0.481 e. The summed E-state index contributed by atoms with van der Waals surface area (Å²) in [6.45, 7) is 0.184. The lowest BCUT2D eigenvalue weighted by Gasteiger charge is -2.06. The van der Waals surface area contributed by atoms with E-state index >= 15 is 0 Å². The number of nitrogens with one attached hydrogen (secondary N) is 2. The van der Waals surface area contributed by atoms with Crippen molar-refractivity contribution in [1.29, 1.82) is 0 Å². The highest BCUT2D eigenvalue weighted by atomic mass is 35.5. The van der Waals surface area contributed by atoms with Crippen LogP contribution in [0, 0.1) is 0 Å². The van der Waals surface area contributed by atoms with Gasteiger partial charge in [0.1, 0.15) is 4.88 Å². The van der Waals surface area contributed by atoms with E-state index in [9.17, 15) is 14.4 Å². The third-order valence-electron chi connectivity index (χ3n) is 2.94. The molecular weight excluding hydrogens is 372 g/mol. The van der Waals surface area contributed by atoms with E-state index in [1.165, 1.54) is 23.1 Å². The molecule has 24 heavy (non-hydrogen) atoms. The Balaban J connectivity index is 1.79. The first-order valence-corrected chi connectivity index (χ1v) is 9.35. The first kappa shape index (κ1) is 18.6. The fourth-order valence-electron chi connectivity index (χ4n) is 1.89. The number of carboxylic acid groups (broad SMARTS) is 1. The van der Waals surface area contributed by atoms with Gasteiger partial charge in [0.15, 0.2) is 0 Å². The molecule has 0 aliphatic heterocycles. The van der Waals surface area contributed by atoms with Crippen molar-refractivity contribution < 1.29 is 19.5 Å². The van der Waals surface area contributed by atoms with E-state index in [1.54, 1.807) is 0 Å². The van der Waals surface area contributed by atoms with Gasteiger partial charge in [-0.15, -0.1) is 23.1 Å². The van der Waals surface area contributed by atoms with Crippen LogP contribution in [0.15, 0.2) is 24.3 Å². The second-order valence-electron chi connectivity index (χ2n) is 4.72. The number of halogens is 1. The molecule has 2 rings (SSSR count). The molecule has 0 radical (unpaired) electrons. The van der Waals surface area contributed by atoms with Gasteiger partial charge in [-0.05, 0) is 6.07 Å². The van der Waals surface area contributed by atoms with E-state index in [4.69, 9.17) is 16.7 Å². The summed E-state index contributed by atoms with van der Waals surface area (Å²) in [7, 11) is 0. The van der Waals surface area contributed by atoms with Crippen LogP contribution in [0.2, 0.25) is 5.02 Å². The fourth-order valence-corrected chi connectivity index (χ4v) is 3.88. The number of carbonyl (C=O) groups excluding carboxylic acids is 2. The van der Waals surface area contributed by atoms with Crippen molar-refractivity contribution >= 4 is 62.6 Å². The van der Waals surface area contributed by atoms with Gasteiger partial charge in [-0.1, -0.05) is 29.8 Å². The molecule has 1 aromatic heterocycles. The Hall–Kier alpha value is -1.77. The van der Waals surface area contributed by atoms with Crippen molar-refractivity contribution in [2.75, 3.05) is 24.6 Å². The molecule has 0 aliphatic rings. The zero-order valence-electron chi connectivity index (χ0n) is 12.5. The van der Waals surface area contributed by atoms with Crippen molar-refractivity contribution in [3.8, 4) is 0 Å². The molecule has 3 N–H and O–H groups in total. The summed E-state index contributed by atoms with van der Waals surface area (Å²) >= 11 is 8.70. The molecule has 128 valence electrons. The topological polar surface area (TPSA) is 95.5 Å². The molecule has 2 amide bonds. The number of amides is 2. The zero-order chi connectivity index (χ0) is 17.5. The lowest BCUT2D eigenvalue weighted by molar-refractivity contribution is -0.133. The van der Waals surface area contributed by atoms with Crippen molar-refractivity contribution in [3.63, 3.8) is 0 Å². The molecule has 1 aromatic carbocycles. The van der Waals surface area contributed by atoms with Crippen LogP contribution in [0.25, 0.3) is 10.1 Å². The van der Waals surface area contributed by atoms with Crippen LogP contribution in [-0.2, 0) is 9.59 Å². The number of benzene rings is 1. The number of carboxylic acids is 1. The van der Waals surface area contributed by atoms with E-state index in [0.29, 0.717) is 22.2 Å². The van der Waals surface area contributed by atoms with Crippen LogP contribution in [0.5, 0.6) is 0 Å². The minimum absolute atomic E-state index is 0.00293. The molecule has 0 aliphatic carbocycles. The predicted molar refractivity (Wildman–Crippen MR) is 97.1 cm³/mol. The summed E-state index contributed by atoms with van der Waals surface area (Å²) in [5.74, 6) is -1.13. The van der Waals surface area contributed by atoms with Gasteiger partial charge in [0.2, 0.25) is 5.91 Å². The van der Waals surface area contributed by atoms with Crippen LogP contribution in [0.1, 0.15) is 9.67 Å². The summed E-state index contributed by atoms with van der Waals surface area (Å²) in [6.07, 6.45) is 0. The van der Waals surface area contributed by atoms with Gasteiger partial charge >= 0.3 is 5.97 Å². The summed E-state index contributed by atoms with van der Waals surface area (Å²) < 4.78 is 0.910. The minimum Gasteiger partial charge on any atom is -0.481 e. The summed E-state index contributed by atoms with van der Waals surface area (Å²) in [5.41, 5.74) is 0. The summed E-state index contributed by atoms with van der Waals surface area (Å²) in [4.78, 5) is 34.5. The normalized spacial score (nSPS) is 10.5. The molecule has 1 heterocycles. The van der Waals surface area contributed by atoms with Crippen molar-refractivity contribution in [2.45, 2.75) is 0 Å². The molecule has 0 bridgehead atoms. The molecule has 9 heteroatoms. The number of carbonyl (C=O) groups is 3. The van der Waals surface area contributed by atoms with Crippen LogP contribution in [0.3, 0.4) is 0 Å². The summed E-state index contributed by atoms with van der Waals surface area (Å²) in [5, 5.41) is 14.8. The Bertz CT molecular complexity index is 763. The molecule has 0 saturated heterocycles. The van der Waals surface area contributed by atoms with Crippen LogP contribution < -0.4 is 10.6 Å². The van der Waals surface area contributed by atoms with E-state index in [0.717, 1.165) is 10.1 Å². The predicted octanol–water partition coefficient (Wildman–Crippen LogP) is 2.22. The molecule has 2 aromatic rings. The average Bonchev–Trinajstić information content (AvgIpc) is 2.89. The Morgan fingerprint density at radius 2 is 1.96 bits per heavy atom. The standard InChI is InChI=1S/C15H15ClN2O4S2/c16-13-9-3-1-2-4-10(9)24-14(13)15(22)18-7-11(19)17-5-6-23-8-12(20)21/h1-4H,5-8H2,(H,17,19)(H,18,22)(H,20,21). The number of hydrogen-bond acceptors (Lipinski definition) is 5. The number of rotatable bonds is 8. The van der Waals surface area contributed by atoms with Gasteiger partial charge in [-0.2, -0.15) is 0 Å². The highest BCUT2D eigenvalue weighted by Crippen LogP contribution is 2.34. The molecule has 0 spiro atoms. The molecule has 0 saturated carbocycles. The van der Waals surface area contributed by atoms with Crippen LogP contribution in [0.4, 0.5) is 0 Å². The monoisotopic (exact) mass is 386 g/mol. The highest BCUT2D eigenvalue weighted by Gasteiger charge is 2.17. The fraction of sp³-hybridized carbons (Fsp3) is 0.267. The lowest BCUT2D eigenvalue weighted by atomic mass is 10.2. The quantitative estimate of drug-likeness (QED) is 0.604.